The van der Waals surface area contributed by atoms with E-state index in [0.717, 1.165) is 11.3 Å². The minimum atomic E-state index is -0.352. The van der Waals surface area contributed by atoms with Gasteiger partial charge in [-0.2, -0.15) is 0 Å². The molecule has 0 fully saturated rings. The summed E-state index contributed by atoms with van der Waals surface area (Å²) in [5.41, 5.74) is 3.18. The van der Waals surface area contributed by atoms with Crippen LogP contribution in [0.3, 0.4) is 0 Å². The largest absolute Gasteiger partial charge is 0.496 e. The predicted molar refractivity (Wildman–Crippen MR) is 131 cm³/mol. The van der Waals surface area contributed by atoms with Crippen molar-refractivity contribution in [2.24, 2.45) is 0 Å². The van der Waals surface area contributed by atoms with Crippen LogP contribution in [-0.2, 0) is 17.6 Å². The first-order valence-electron chi connectivity index (χ1n) is 10.8. The normalized spacial score (nSPS) is 10.7. The molecule has 0 spiro atoms. The topological polar surface area (TPSA) is 48.4 Å². The molecule has 0 aliphatic rings. The molecular formula is C28H23ClFNO3. The molecule has 0 aliphatic heterocycles. The molecule has 1 heterocycles. The number of halogens is 2. The van der Waals surface area contributed by atoms with E-state index in [4.69, 9.17) is 21.1 Å². The highest BCUT2D eigenvalue weighted by atomic mass is 35.5. The number of benzene rings is 3. The third kappa shape index (κ3) is 5.80. The fourth-order valence-electron chi connectivity index (χ4n) is 3.65. The maximum absolute atomic E-state index is 15.5. The lowest BCUT2D eigenvalue weighted by Gasteiger charge is -2.14. The van der Waals surface area contributed by atoms with Crippen LogP contribution in [0.15, 0.2) is 85.1 Å². The van der Waals surface area contributed by atoms with Gasteiger partial charge < -0.3 is 9.47 Å². The van der Waals surface area contributed by atoms with Gasteiger partial charge in [0.15, 0.2) is 0 Å². The van der Waals surface area contributed by atoms with Gasteiger partial charge >= 0.3 is 5.97 Å². The number of hydrogen-bond acceptors (Lipinski definition) is 4. The maximum Gasteiger partial charge on any atom is 0.311 e. The van der Waals surface area contributed by atoms with E-state index in [0.29, 0.717) is 46.1 Å². The second-order valence-corrected chi connectivity index (χ2v) is 8.18. The first-order chi connectivity index (χ1) is 16.5. The number of aryl methyl sites for hydroxylation is 1. The fraction of sp³-hybridized carbons (Fsp3) is 0.143. The van der Waals surface area contributed by atoms with Gasteiger partial charge in [-0.3, -0.25) is 9.78 Å². The lowest BCUT2D eigenvalue weighted by atomic mass is 9.97. The molecule has 4 rings (SSSR count). The van der Waals surface area contributed by atoms with Crippen molar-refractivity contribution in [2.45, 2.75) is 19.3 Å². The minimum Gasteiger partial charge on any atom is -0.496 e. The summed E-state index contributed by atoms with van der Waals surface area (Å²) in [6.07, 6.45) is 2.76. The first-order valence-corrected chi connectivity index (χ1v) is 11.2. The van der Waals surface area contributed by atoms with E-state index in [1.165, 1.54) is 7.11 Å². The average Bonchev–Trinajstić information content (AvgIpc) is 2.85. The van der Waals surface area contributed by atoms with E-state index < -0.39 is 0 Å². The standard InChI is InChI=1S/C28H23ClFNO3/c1-33-25-14-11-21(28(30)27(25)20-6-5-7-22(29)17-20)16-19-10-12-23(31-18-19)13-15-26(32)34-24-8-3-2-4-9-24/h2-12,14,17-18H,13,15-16H2,1H3. The third-order valence-corrected chi connectivity index (χ3v) is 5.59. The van der Waals surface area contributed by atoms with Gasteiger partial charge in [0, 0.05) is 29.8 Å². The molecule has 0 unspecified atom stereocenters. The van der Waals surface area contributed by atoms with Crippen LogP contribution in [0.2, 0.25) is 5.02 Å². The van der Waals surface area contributed by atoms with Crippen LogP contribution in [0, 0.1) is 5.82 Å². The van der Waals surface area contributed by atoms with Gasteiger partial charge in [-0.25, -0.2) is 4.39 Å². The first kappa shape index (κ1) is 23.5. The van der Waals surface area contributed by atoms with Gasteiger partial charge in [-0.05, 0) is 53.1 Å². The van der Waals surface area contributed by atoms with Crippen molar-refractivity contribution in [3.8, 4) is 22.6 Å². The van der Waals surface area contributed by atoms with E-state index in [-0.39, 0.29) is 18.2 Å². The summed E-state index contributed by atoms with van der Waals surface area (Å²) in [5, 5.41) is 0.525. The molecule has 0 aliphatic carbocycles. The van der Waals surface area contributed by atoms with E-state index in [9.17, 15) is 4.79 Å². The predicted octanol–water partition coefficient (Wildman–Crippen LogP) is 6.68. The Labute approximate surface area is 203 Å². The van der Waals surface area contributed by atoms with Gasteiger partial charge in [0.1, 0.15) is 17.3 Å². The summed E-state index contributed by atoms with van der Waals surface area (Å²) in [6, 6.07) is 23.2. The summed E-state index contributed by atoms with van der Waals surface area (Å²) in [5.74, 6) is 0.300. The summed E-state index contributed by atoms with van der Waals surface area (Å²) >= 11 is 6.11. The molecule has 34 heavy (non-hydrogen) atoms. The van der Waals surface area contributed by atoms with E-state index >= 15 is 4.39 Å². The molecule has 6 heteroatoms. The average molecular weight is 476 g/mol. The Hall–Kier alpha value is -3.70. The zero-order valence-electron chi connectivity index (χ0n) is 18.6. The molecule has 3 aromatic carbocycles. The van der Waals surface area contributed by atoms with E-state index in [1.807, 2.05) is 30.3 Å². The smallest absolute Gasteiger partial charge is 0.311 e. The molecule has 172 valence electrons. The van der Waals surface area contributed by atoms with Crippen LogP contribution in [-0.4, -0.2) is 18.1 Å². The highest BCUT2D eigenvalue weighted by molar-refractivity contribution is 6.30. The lowest BCUT2D eigenvalue weighted by molar-refractivity contribution is -0.134. The molecule has 1 aromatic heterocycles. The number of carbonyl (C=O) groups excluding carboxylic acids is 1. The number of hydrogen-bond donors (Lipinski definition) is 0. The van der Waals surface area contributed by atoms with Crippen molar-refractivity contribution < 1.29 is 18.7 Å². The quantitative estimate of drug-likeness (QED) is 0.211. The second-order valence-electron chi connectivity index (χ2n) is 7.75. The van der Waals surface area contributed by atoms with Gasteiger partial charge in [-0.1, -0.05) is 54.1 Å². The van der Waals surface area contributed by atoms with Crippen LogP contribution in [0.4, 0.5) is 4.39 Å². The number of methoxy groups -OCH3 is 1. The Balaban J connectivity index is 1.44. The van der Waals surface area contributed by atoms with Gasteiger partial charge in [0.25, 0.3) is 0 Å². The van der Waals surface area contributed by atoms with Crippen LogP contribution in [0.25, 0.3) is 11.1 Å². The van der Waals surface area contributed by atoms with Crippen LogP contribution >= 0.6 is 11.6 Å². The Morgan fingerprint density at radius 3 is 2.53 bits per heavy atom. The number of ether oxygens (including phenoxy) is 2. The molecule has 0 bridgehead atoms. The Morgan fingerprint density at radius 2 is 1.82 bits per heavy atom. The molecule has 0 radical (unpaired) electrons. The zero-order valence-corrected chi connectivity index (χ0v) is 19.4. The van der Waals surface area contributed by atoms with Crippen molar-refractivity contribution in [3.05, 3.63) is 113 Å². The lowest BCUT2D eigenvalue weighted by Crippen LogP contribution is -2.09. The number of nitrogens with zero attached hydrogens (tertiary/aromatic N) is 1. The number of rotatable bonds is 8. The fourth-order valence-corrected chi connectivity index (χ4v) is 3.84. The van der Waals surface area contributed by atoms with E-state index in [2.05, 4.69) is 4.98 Å². The van der Waals surface area contributed by atoms with Crippen molar-refractivity contribution in [2.75, 3.05) is 7.11 Å². The summed E-state index contributed by atoms with van der Waals surface area (Å²) in [6.45, 7) is 0. The Bertz CT molecular complexity index is 1280. The summed E-state index contributed by atoms with van der Waals surface area (Å²) in [4.78, 5) is 16.5. The Morgan fingerprint density at radius 1 is 1.00 bits per heavy atom. The summed E-state index contributed by atoms with van der Waals surface area (Å²) in [7, 11) is 1.51. The summed E-state index contributed by atoms with van der Waals surface area (Å²) < 4.78 is 26.2. The van der Waals surface area contributed by atoms with Gasteiger partial charge in [-0.15, -0.1) is 0 Å². The highest BCUT2D eigenvalue weighted by Crippen LogP contribution is 2.36. The van der Waals surface area contributed by atoms with Gasteiger partial charge in [0.2, 0.25) is 0 Å². The molecule has 4 aromatic rings. The van der Waals surface area contributed by atoms with Crippen LogP contribution in [0.1, 0.15) is 23.2 Å². The van der Waals surface area contributed by atoms with Crippen molar-refractivity contribution in [1.29, 1.82) is 0 Å². The zero-order chi connectivity index (χ0) is 23.9. The maximum atomic E-state index is 15.5. The number of para-hydroxylation sites is 1. The van der Waals surface area contributed by atoms with Crippen molar-refractivity contribution in [3.63, 3.8) is 0 Å². The second kappa shape index (κ2) is 10.9. The van der Waals surface area contributed by atoms with Crippen molar-refractivity contribution in [1.82, 2.24) is 4.98 Å². The number of pyridine rings is 1. The SMILES string of the molecule is COc1ccc(Cc2ccc(CCC(=O)Oc3ccccc3)nc2)c(F)c1-c1cccc(Cl)c1. The molecule has 0 amide bonds. The van der Waals surface area contributed by atoms with E-state index in [1.54, 1.807) is 54.7 Å². The van der Waals surface area contributed by atoms with Crippen LogP contribution < -0.4 is 9.47 Å². The van der Waals surface area contributed by atoms with Gasteiger partial charge in [0.05, 0.1) is 19.1 Å². The Kier molecular flexibility index (Phi) is 7.55. The molecular weight excluding hydrogens is 453 g/mol. The third-order valence-electron chi connectivity index (χ3n) is 5.36. The molecule has 0 saturated heterocycles. The molecule has 4 nitrogen and oxygen atoms in total. The monoisotopic (exact) mass is 475 g/mol. The van der Waals surface area contributed by atoms with Crippen molar-refractivity contribution >= 4 is 17.6 Å². The number of esters is 1. The van der Waals surface area contributed by atoms with Crippen LogP contribution in [0.5, 0.6) is 11.5 Å². The minimum absolute atomic E-state index is 0.220. The number of aromatic nitrogens is 1. The number of carbonyl (C=O) groups is 1. The molecule has 0 N–H and O–H groups in total. The molecule has 0 saturated carbocycles. The highest BCUT2D eigenvalue weighted by Gasteiger charge is 2.17. The molecule has 0 atom stereocenters.